The Balaban J connectivity index is 1.72. The lowest BCUT2D eigenvalue weighted by Gasteiger charge is -2.27. The molecule has 35 heavy (non-hydrogen) atoms. The molecule has 1 aliphatic rings. The van der Waals surface area contributed by atoms with Crippen LogP contribution < -0.4 is 16.6 Å². The van der Waals surface area contributed by atoms with E-state index in [2.05, 4.69) is 15.3 Å². The van der Waals surface area contributed by atoms with E-state index in [-0.39, 0.29) is 27.6 Å². The van der Waals surface area contributed by atoms with Crippen LogP contribution in [0.15, 0.2) is 52.5 Å². The molecule has 1 saturated carbocycles. The number of nitrogens with one attached hydrogen (secondary N) is 1. The molecular formula is C24H27N5O5S. The monoisotopic (exact) mass is 497 g/mol. The van der Waals surface area contributed by atoms with Crippen LogP contribution in [0.2, 0.25) is 0 Å². The average Bonchev–Trinajstić information content (AvgIpc) is 2.83. The number of fused-ring (bicyclic) bond motifs is 1. The summed E-state index contributed by atoms with van der Waals surface area (Å²) in [4.78, 5) is 46.5. The van der Waals surface area contributed by atoms with E-state index in [0.29, 0.717) is 11.9 Å². The Morgan fingerprint density at radius 3 is 2.51 bits per heavy atom. The van der Waals surface area contributed by atoms with Crippen LogP contribution in [0.5, 0.6) is 0 Å². The highest BCUT2D eigenvalue weighted by molar-refractivity contribution is 7.90. The van der Waals surface area contributed by atoms with Crippen LogP contribution in [0.1, 0.15) is 54.9 Å². The third-order valence-electron chi connectivity index (χ3n) is 6.40. The summed E-state index contributed by atoms with van der Waals surface area (Å²) in [5.41, 5.74) is 5.31. The summed E-state index contributed by atoms with van der Waals surface area (Å²) < 4.78 is 25.3. The van der Waals surface area contributed by atoms with Crippen molar-refractivity contribution in [3.63, 3.8) is 0 Å². The molecule has 2 heterocycles. The van der Waals surface area contributed by atoms with Crippen LogP contribution in [0.25, 0.3) is 10.9 Å². The van der Waals surface area contributed by atoms with Crippen molar-refractivity contribution in [2.45, 2.75) is 49.5 Å². The summed E-state index contributed by atoms with van der Waals surface area (Å²) >= 11 is 0. The van der Waals surface area contributed by atoms with Gasteiger partial charge in [0.25, 0.3) is 5.56 Å². The fraction of sp³-hybridized carbons (Fsp3) is 0.375. The lowest BCUT2D eigenvalue weighted by molar-refractivity contribution is -0.120. The van der Waals surface area contributed by atoms with Gasteiger partial charge in [0.2, 0.25) is 11.8 Å². The van der Waals surface area contributed by atoms with Crippen molar-refractivity contribution in [2.24, 2.45) is 11.7 Å². The van der Waals surface area contributed by atoms with Crippen LogP contribution in [-0.2, 0) is 14.6 Å². The van der Waals surface area contributed by atoms with E-state index in [0.717, 1.165) is 38.4 Å². The Morgan fingerprint density at radius 2 is 1.89 bits per heavy atom. The van der Waals surface area contributed by atoms with Gasteiger partial charge in [-0.25, -0.2) is 18.4 Å². The standard InChI is InChI=1S/C24H27N5O5S/c1-35(33,34)17-8-9-19-18(12-17)24(32)29(14-27-19)20(11-15-5-3-2-4-6-15)23(31)28-21-10-7-16(13-26-21)22(25)30/h7-10,12-15,20H,2-6,11H2,1H3,(H2,25,30)(H,26,28,31)/t20-/m0/s1. The highest BCUT2D eigenvalue weighted by Gasteiger charge is 2.28. The Hall–Kier alpha value is -3.60. The van der Waals surface area contributed by atoms with Gasteiger partial charge >= 0.3 is 0 Å². The van der Waals surface area contributed by atoms with Crippen molar-refractivity contribution in [3.05, 3.63) is 58.8 Å². The lowest BCUT2D eigenvalue weighted by Crippen LogP contribution is -2.35. The summed E-state index contributed by atoms with van der Waals surface area (Å²) in [6, 6.07) is 6.24. The fourth-order valence-electron chi connectivity index (χ4n) is 4.48. The molecule has 0 unspecified atom stereocenters. The second-order valence-electron chi connectivity index (χ2n) is 8.95. The summed E-state index contributed by atoms with van der Waals surface area (Å²) in [6.45, 7) is 0. The number of hydrogen-bond acceptors (Lipinski definition) is 7. The number of sulfone groups is 1. The van der Waals surface area contributed by atoms with Crippen molar-refractivity contribution in [3.8, 4) is 0 Å². The topological polar surface area (TPSA) is 154 Å². The maximum Gasteiger partial charge on any atom is 0.261 e. The maximum absolute atomic E-state index is 13.4. The first kappa shape index (κ1) is 24.5. The molecule has 3 N–H and O–H groups in total. The highest BCUT2D eigenvalue weighted by atomic mass is 32.2. The van der Waals surface area contributed by atoms with E-state index in [9.17, 15) is 22.8 Å². The van der Waals surface area contributed by atoms with Gasteiger partial charge in [-0.1, -0.05) is 32.1 Å². The van der Waals surface area contributed by atoms with Crippen LogP contribution in [0, 0.1) is 5.92 Å². The van der Waals surface area contributed by atoms with Crippen molar-refractivity contribution < 1.29 is 18.0 Å². The normalized spacial score (nSPS) is 15.6. The van der Waals surface area contributed by atoms with Crippen molar-refractivity contribution in [2.75, 3.05) is 11.6 Å². The number of nitrogens with zero attached hydrogens (tertiary/aromatic N) is 3. The first-order chi connectivity index (χ1) is 16.6. The number of amides is 2. The molecule has 0 aliphatic heterocycles. The van der Waals surface area contributed by atoms with Crippen molar-refractivity contribution in [1.29, 1.82) is 0 Å². The maximum atomic E-state index is 13.4. The van der Waals surface area contributed by atoms with E-state index >= 15 is 0 Å². The van der Waals surface area contributed by atoms with Gasteiger partial charge in [-0.2, -0.15) is 0 Å². The Morgan fingerprint density at radius 1 is 1.14 bits per heavy atom. The molecule has 10 nitrogen and oxygen atoms in total. The molecule has 3 aromatic rings. The molecule has 2 amide bonds. The third-order valence-corrected chi connectivity index (χ3v) is 7.51. The first-order valence-corrected chi connectivity index (χ1v) is 13.3. The van der Waals surface area contributed by atoms with E-state index in [4.69, 9.17) is 5.73 Å². The second kappa shape index (κ2) is 9.95. The summed E-state index contributed by atoms with van der Waals surface area (Å²) in [7, 11) is -3.53. The second-order valence-corrected chi connectivity index (χ2v) is 11.0. The molecule has 1 aromatic carbocycles. The molecule has 2 aromatic heterocycles. The zero-order chi connectivity index (χ0) is 25.2. The molecule has 0 saturated heterocycles. The van der Waals surface area contributed by atoms with Crippen molar-refractivity contribution in [1.82, 2.24) is 14.5 Å². The van der Waals surface area contributed by atoms with Gasteiger partial charge in [0.1, 0.15) is 11.9 Å². The summed E-state index contributed by atoms with van der Waals surface area (Å²) in [5.74, 6) is -0.602. The molecule has 4 rings (SSSR count). The molecule has 11 heteroatoms. The zero-order valence-corrected chi connectivity index (χ0v) is 20.1. The number of carbonyl (C=O) groups is 2. The van der Waals surface area contributed by atoms with Crippen LogP contribution >= 0.6 is 0 Å². The highest BCUT2D eigenvalue weighted by Crippen LogP contribution is 2.31. The summed E-state index contributed by atoms with van der Waals surface area (Å²) in [6.07, 6.45) is 9.31. The van der Waals surface area contributed by atoms with E-state index in [1.54, 1.807) is 0 Å². The minimum Gasteiger partial charge on any atom is -0.366 e. The van der Waals surface area contributed by atoms with Crippen molar-refractivity contribution >= 4 is 38.4 Å². The number of carbonyl (C=O) groups excluding carboxylic acids is 2. The molecule has 184 valence electrons. The van der Waals surface area contributed by atoms with Gasteiger partial charge in [-0.15, -0.1) is 0 Å². The number of aromatic nitrogens is 3. The van der Waals surface area contributed by atoms with E-state index < -0.39 is 33.3 Å². The molecule has 1 fully saturated rings. The molecular weight excluding hydrogens is 470 g/mol. The van der Waals surface area contributed by atoms with Gasteiger partial charge in [0.05, 0.1) is 27.7 Å². The van der Waals surface area contributed by atoms with Crippen LogP contribution in [-0.4, -0.2) is 41.0 Å². The SMILES string of the molecule is CS(=O)(=O)c1ccc2ncn([C@@H](CC3CCCCC3)C(=O)Nc3ccc(C(N)=O)cn3)c(=O)c2c1. The lowest BCUT2D eigenvalue weighted by atomic mass is 9.84. The number of nitrogens with two attached hydrogens (primary N) is 1. The van der Waals surface area contributed by atoms with Crippen LogP contribution in [0.3, 0.4) is 0 Å². The van der Waals surface area contributed by atoms with Gasteiger partial charge < -0.3 is 11.1 Å². The number of primary amides is 1. The van der Waals surface area contributed by atoms with Gasteiger partial charge in [-0.3, -0.25) is 19.0 Å². The first-order valence-electron chi connectivity index (χ1n) is 11.4. The number of anilines is 1. The third kappa shape index (κ3) is 5.56. The molecule has 0 spiro atoms. The fourth-order valence-corrected chi connectivity index (χ4v) is 5.12. The predicted octanol–water partition coefficient (Wildman–Crippen LogP) is 2.44. The van der Waals surface area contributed by atoms with E-state index in [1.807, 2.05) is 0 Å². The Kier molecular flexibility index (Phi) is 6.97. The Bertz CT molecular complexity index is 1430. The van der Waals surface area contributed by atoms with Gasteiger partial charge in [-0.05, 0) is 42.7 Å². The minimum atomic E-state index is -3.53. The van der Waals surface area contributed by atoms with Gasteiger partial charge in [0, 0.05) is 12.5 Å². The smallest absolute Gasteiger partial charge is 0.261 e. The largest absolute Gasteiger partial charge is 0.366 e. The van der Waals surface area contributed by atoms with E-state index in [1.165, 1.54) is 47.4 Å². The predicted molar refractivity (Wildman–Crippen MR) is 131 cm³/mol. The number of rotatable bonds is 7. The molecule has 1 aliphatic carbocycles. The molecule has 1 atom stereocenters. The van der Waals surface area contributed by atoms with Crippen LogP contribution in [0.4, 0.5) is 5.82 Å². The zero-order valence-electron chi connectivity index (χ0n) is 19.3. The minimum absolute atomic E-state index is 0.00803. The quantitative estimate of drug-likeness (QED) is 0.508. The number of benzene rings is 1. The molecule has 0 bridgehead atoms. The Labute approximate surface area is 202 Å². The number of hydrogen-bond donors (Lipinski definition) is 2. The molecule has 0 radical (unpaired) electrons. The average molecular weight is 498 g/mol. The summed E-state index contributed by atoms with van der Waals surface area (Å²) in [5, 5.41) is 2.85. The van der Waals surface area contributed by atoms with Gasteiger partial charge in [0.15, 0.2) is 9.84 Å². The number of pyridine rings is 1.